The maximum absolute atomic E-state index is 6.12. The Labute approximate surface area is 110 Å². The topological polar surface area (TPSA) is 12.0 Å². The van der Waals surface area contributed by atoms with E-state index in [1.165, 1.54) is 21.6 Å². The van der Waals surface area contributed by atoms with Crippen molar-refractivity contribution in [3.63, 3.8) is 0 Å². The van der Waals surface area contributed by atoms with E-state index in [0.29, 0.717) is 6.04 Å². The van der Waals surface area contributed by atoms with Crippen LogP contribution in [0.15, 0.2) is 29.6 Å². The highest BCUT2D eigenvalue weighted by atomic mass is 35.5. The highest BCUT2D eigenvalue weighted by Gasteiger charge is 2.23. The van der Waals surface area contributed by atoms with Gasteiger partial charge in [0.05, 0.1) is 6.04 Å². The smallest absolute Gasteiger partial charge is 0.0590 e. The zero-order valence-corrected chi connectivity index (χ0v) is 11.2. The summed E-state index contributed by atoms with van der Waals surface area (Å²) in [5, 5.41) is 6.58. The second-order valence-electron chi connectivity index (χ2n) is 4.41. The van der Waals surface area contributed by atoms with Gasteiger partial charge < -0.3 is 5.32 Å². The summed E-state index contributed by atoms with van der Waals surface area (Å²) in [5.41, 5.74) is 4.15. The second kappa shape index (κ2) is 4.45. The van der Waals surface area contributed by atoms with Gasteiger partial charge in [-0.3, -0.25) is 0 Å². The Hall–Kier alpha value is -0.830. The van der Waals surface area contributed by atoms with E-state index in [1.807, 2.05) is 6.07 Å². The van der Waals surface area contributed by atoms with Gasteiger partial charge in [-0.25, -0.2) is 0 Å². The summed E-state index contributed by atoms with van der Waals surface area (Å²) in [4.78, 5) is 1.38. The molecule has 1 unspecified atom stereocenters. The van der Waals surface area contributed by atoms with Gasteiger partial charge in [0.15, 0.2) is 0 Å². The van der Waals surface area contributed by atoms with Crippen LogP contribution in [0, 0.1) is 6.92 Å². The molecule has 0 fully saturated rings. The first-order valence-corrected chi connectivity index (χ1v) is 7.07. The Morgan fingerprint density at radius 3 is 2.94 bits per heavy atom. The minimum absolute atomic E-state index is 0.309. The number of hydrogen-bond donors (Lipinski definition) is 1. The van der Waals surface area contributed by atoms with E-state index in [1.54, 1.807) is 11.3 Å². The summed E-state index contributed by atoms with van der Waals surface area (Å²) >= 11 is 7.92. The van der Waals surface area contributed by atoms with E-state index < -0.39 is 0 Å². The Bertz CT molecular complexity index is 547. The Balaban J connectivity index is 2.10. The van der Waals surface area contributed by atoms with Crippen LogP contribution in [0.2, 0.25) is 5.02 Å². The van der Waals surface area contributed by atoms with Crippen LogP contribution in [-0.2, 0) is 6.42 Å². The van der Waals surface area contributed by atoms with Crippen molar-refractivity contribution in [2.45, 2.75) is 19.4 Å². The molecule has 17 heavy (non-hydrogen) atoms. The molecule has 1 aliphatic rings. The van der Waals surface area contributed by atoms with Crippen LogP contribution >= 0.6 is 22.9 Å². The van der Waals surface area contributed by atoms with Gasteiger partial charge in [-0.1, -0.05) is 17.7 Å². The highest BCUT2D eigenvalue weighted by Crippen LogP contribution is 2.33. The number of halogens is 1. The van der Waals surface area contributed by atoms with Crippen molar-refractivity contribution in [2.75, 3.05) is 6.54 Å². The highest BCUT2D eigenvalue weighted by molar-refractivity contribution is 7.10. The standard InChI is InChI=1S/C14H14ClNS/c1-9-12(5-7-17-9)14-13-8-11(15)3-2-10(13)4-6-16-14/h2-3,5,7-8,14,16H,4,6H2,1H3. The van der Waals surface area contributed by atoms with E-state index in [4.69, 9.17) is 11.6 Å². The third kappa shape index (κ3) is 2.01. The predicted molar refractivity (Wildman–Crippen MR) is 74.1 cm³/mol. The molecular weight excluding hydrogens is 250 g/mol. The predicted octanol–water partition coefficient (Wildman–Crippen LogP) is 3.95. The first kappa shape index (κ1) is 11.3. The number of aryl methyl sites for hydroxylation is 1. The average molecular weight is 264 g/mol. The number of hydrogen-bond acceptors (Lipinski definition) is 2. The van der Waals surface area contributed by atoms with Gasteiger partial charge in [-0.15, -0.1) is 11.3 Å². The minimum atomic E-state index is 0.309. The molecule has 88 valence electrons. The van der Waals surface area contributed by atoms with Crippen molar-refractivity contribution in [2.24, 2.45) is 0 Å². The zero-order chi connectivity index (χ0) is 11.8. The van der Waals surface area contributed by atoms with Crippen molar-refractivity contribution in [3.05, 3.63) is 56.2 Å². The second-order valence-corrected chi connectivity index (χ2v) is 5.97. The molecule has 1 aromatic heterocycles. The zero-order valence-electron chi connectivity index (χ0n) is 9.66. The monoisotopic (exact) mass is 263 g/mol. The van der Waals surface area contributed by atoms with Gasteiger partial charge >= 0.3 is 0 Å². The van der Waals surface area contributed by atoms with Crippen LogP contribution in [0.4, 0.5) is 0 Å². The molecule has 0 saturated heterocycles. The Morgan fingerprint density at radius 2 is 2.18 bits per heavy atom. The van der Waals surface area contributed by atoms with Crippen molar-refractivity contribution in [1.82, 2.24) is 5.32 Å². The summed E-state index contributed by atoms with van der Waals surface area (Å²) in [6.07, 6.45) is 1.09. The Kier molecular flexibility index (Phi) is 2.95. The van der Waals surface area contributed by atoms with Crippen LogP contribution in [0.1, 0.15) is 27.6 Å². The lowest BCUT2D eigenvalue weighted by molar-refractivity contribution is 0.567. The lowest BCUT2D eigenvalue weighted by Crippen LogP contribution is -2.30. The first-order chi connectivity index (χ1) is 8.25. The SMILES string of the molecule is Cc1sccc1C1NCCc2ccc(Cl)cc21. The summed E-state index contributed by atoms with van der Waals surface area (Å²) < 4.78 is 0. The minimum Gasteiger partial charge on any atom is -0.306 e. The molecular formula is C14H14ClNS. The quantitative estimate of drug-likeness (QED) is 0.822. The lowest BCUT2D eigenvalue weighted by Gasteiger charge is -2.27. The lowest BCUT2D eigenvalue weighted by atomic mass is 9.90. The fourth-order valence-corrected chi connectivity index (χ4v) is 3.42. The van der Waals surface area contributed by atoms with Gasteiger partial charge in [0, 0.05) is 16.4 Å². The summed E-state index contributed by atoms with van der Waals surface area (Å²) in [6, 6.07) is 8.78. The van der Waals surface area contributed by atoms with Gasteiger partial charge in [-0.05, 0) is 53.6 Å². The molecule has 1 aromatic carbocycles. The van der Waals surface area contributed by atoms with Gasteiger partial charge in [0.1, 0.15) is 0 Å². The molecule has 3 rings (SSSR count). The van der Waals surface area contributed by atoms with Crippen molar-refractivity contribution >= 4 is 22.9 Å². The third-order valence-corrected chi connectivity index (χ3v) is 4.47. The molecule has 2 aromatic rings. The van der Waals surface area contributed by atoms with E-state index >= 15 is 0 Å². The summed E-state index contributed by atoms with van der Waals surface area (Å²) in [5.74, 6) is 0. The van der Waals surface area contributed by atoms with Crippen LogP contribution < -0.4 is 5.32 Å². The fourth-order valence-electron chi connectivity index (χ4n) is 2.50. The van der Waals surface area contributed by atoms with Crippen molar-refractivity contribution in [1.29, 1.82) is 0 Å². The fraction of sp³-hybridized carbons (Fsp3) is 0.286. The molecule has 1 atom stereocenters. The van der Waals surface area contributed by atoms with Crippen molar-refractivity contribution < 1.29 is 0 Å². The molecule has 0 bridgehead atoms. The van der Waals surface area contributed by atoms with Crippen LogP contribution in [0.3, 0.4) is 0 Å². The molecule has 3 heteroatoms. The molecule has 2 heterocycles. The number of fused-ring (bicyclic) bond motifs is 1. The maximum Gasteiger partial charge on any atom is 0.0590 e. The molecule has 0 aliphatic carbocycles. The number of nitrogens with one attached hydrogen (secondary N) is 1. The molecule has 0 radical (unpaired) electrons. The molecule has 1 N–H and O–H groups in total. The van der Waals surface area contributed by atoms with Crippen LogP contribution in [-0.4, -0.2) is 6.54 Å². The summed E-state index contributed by atoms with van der Waals surface area (Å²) in [6.45, 7) is 3.22. The molecule has 0 spiro atoms. The molecule has 0 amide bonds. The van der Waals surface area contributed by atoms with Crippen LogP contribution in [0.25, 0.3) is 0 Å². The van der Waals surface area contributed by atoms with E-state index in [9.17, 15) is 0 Å². The third-order valence-electron chi connectivity index (χ3n) is 3.37. The average Bonchev–Trinajstić information content (AvgIpc) is 2.74. The van der Waals surface area contributed by atoms with Crippen LogP contribution in [0.5, 0.6) is 0 Å². The summed E-state index contributed by atoms with van der Waals surface area (Å²) in [7, 11) is 0. The van der Waals surface area contributed by atoms with Gasteiger partial charge in [-0.2, -0.15) is 0 Å². The van der Waals surface area contributed by atoms with Gasteiger partial charge in [0.25, 0.3) is 0 Å². The number of benzene rings is 1. The molecule has 0 saturated carbocycles. The maximum atomic E-state index is 6.12. The molecule has 1 nitrogen and oxygen atoms in total. The van der Waals surface area contributed by atoms with E-state index in [-0.39, 0.29) is 0 Å². The largest absolute Gasteiger partial charge is 0.306 e. The normalized spacial score (nSPS) is 19.1. The van der Waals surface area contributed by atoms with E-state index in [2.05, 4.69) is 35.8 Å². The first-order valence-electron chi connectivity index (χ1n) is 5.81. The Morgan fingerprint density at radius 1 is 1.29 bits per heavy atom. The number of rotatable bonds is 1. The number of thiophene rings is 1. The van der Waals surface area contributed by atoms with Gasteiger partial charge in [0.2, 0.25) is 0 Å². The van der Waals surface area contributed by atoms with E-state index in [0.717, 1.165) is 18.0 Å². The van der Waals surface area contributed by atoms with Crippen molar-refractivity contribution in [3.8, 4) is 0 Å². The molecule has 1 aliphatic heterocycles.